The first-order valence-electron chi connectivity index (χ1n) is 4.39. The molecule has 0 aromatic carbocycles. The van der Waals surface area contributed by atoms with E-state index in [1.54, 1.807) is 0 Å². The third kappa shape index (κ3) is 2.51. The van der Waals surface area contributed by atoms with Gasteiger partial charge in [0, 0.05) is 6.42 Å². The standard InChI is InChI=1S/C9H15NO/c10-7-6-8-4-2-1-3-5-9(8)11/h8-9,11H,1-6H2/t8-,9+/m1/s1. The van der Waals surface area contributed by atoms with Gasteiger partial charge in [-0.3, -0.25) is 0 Å². The molecule has 0 heterocycles. The van der Waals surface area contributed by atoms with E-state index >= 15 is 0 Å². The van der Waals surface area contributed by atoms with Gasteiger partial charge in [-0.1, -0.05) is 19.3 Å². The number of aliphatic hydroxyl groups excluding tert-OH is 1. The quantitative estimate of drug-likeness (QED) is 0.584. The minimum Gasteiger partial charge on any atom is -0.393 e. The normalized spacial score (nSPS) is 32.4. The summed E-state index contributed by atoms with van der Waals surface area (Å²) < 4.78 is 0. The van der Waals surface area contributed by atoms with Gasteiger partial charge in [-0.25, -0.2) is 0 Å². The highest BCUT2D eigenvalue weighted by molar-refractivity contribution is 4.82. The van der Waals surface area contributed by atoms with Crippen LogP contribution in [0, 0.1) is 17.2 Å². The summed E-state index contributed by atoms with van der Waals surface area (Å²) in [6.45, 7) is 0. The topological polar surface area (TPSA) is 44.0 Å². The highest BCUT2D eigenvalue weighted by Gasteiger charge is 2.20. The van der Waals surface area contributed by atoms with Crippen molar-refractivity contribution in [2.75, 3.05) is 0 Å². The van der Waals surface area contributed by atoms with Crippen LogP contribution in [-0.2, 0) is 0 Å². The smallest absolute Gasteiger partial charge is 0.0625 e. The molecule has 1 fully saturated rings. The summed E-state index contributed by atoms with van der Waals surface area (Å²) in [5.41, 5.74) is 0. The zero-order chi connectivity index (χ0) is 8.10. The van der Waals surface area contributed by atoms with Gasteiger partial charge in [-0.05, 0) is 18.8 Å². The first-order valence-corrected chi connectivity index (χ1v) is 4.39. The highest BCUT2D eigenvalue weighted by atomic mass is 16.3. The Bertz CT molecular complexity index is 150. The number of hydrogen-bond donors (Lipinski definition) is 1. The zero-order valence-electron chi connectivity index (χ0n) is 6.79. The van der Waals surface area contributed by atoms with Gasteiger partial charge in [0.25, 0.3) is 0 Å². The van der Waals surface area contributed by atoms with Gasteiger partial charge in [0.15, 0.2) is 0 Å². The minimum atomic E-state index is -0.211. The lowest BCUT2D eigenvalue weighted by Gasteiger charge is -2.16. The summed E-state index contributed by atoms with van der Waals surface area (Å²) in [7, 11) is 0. The van der Waals surface area contributed by atoms with Gasteiger partial charge in [-0.15, -0.1) is 0 Å². The molecule has 0 aromatic rings. The number of hydrogen-bond acceptors (Lipinski definition) is 2. The van der Waals surface area contributed by atoms with Crippen LogP contribution in [0.15, 0.2) is 0 Å². The minimum absolute atomic E-state index is 0.211. The second-order valence-electron chi connectivity index (χ2n) is 3.33. The van der Waals surface area contributed by atoms with Crippen LogP contribution in [0.2, 0.25) is 0 Å². The average Bonchev–Trinajstić information content (AvgIpc) is 2.18. The molecule has 0 aromatic heterocycles. The fraction of sp³-hybridized carbons (Fsp3) is 0.889. The van der Waals surface area contributed by atoms with E-state index in [9.17, 15) is 5.11 Å². The lowest BCUT2D eigenvalue weighted by Crippen LogP contribution is -2.17. The maximum absolute atomic E-state index is 9.53. The molecule has 0 aliphatic heterocycles. The Morgan fingerprint density at radius 1 is 1.27 bits per heavy atom. The second kappa shape index (κ2) is 4.35. The van der Waals surface area contributed by atoms with Crippen molar-refractivity contribution in [1.29, 1.82) is 5.26 Å². The molecule has 1 rings (SSSR count). The lowest BCUT2D eigenvalue weighted by atomic mass is 9.95. The molecule has 1 aliphatic carbocycles. The molecule has 0 amide bonds. The third-order valence-electron chi connectivity index (χ3n) is 2.47. The van der Waals surface area contributed by atoms with E-state index in [0.717, 1.165) is 19.3 Å². The van der Waals surface area contributed by atoms with Crippen LogP contribution in [0.25, 0.3) is 0 Å². The Hall–Kier alpha value is -0.550. The van der Waals surface area contributed by atoms with Crippen LogP contribution in [-0.4, -0.2) is 11.2 Å². The fourth-order valence-electron chi connectivity index (χ4n) is 1.72. The van der Waals surface area contributed by atoms with Gasteiger partial charge in [0.05, 0.1) is 12.2 Å². The van der Waals surface area contributed by atoms with E-state index in [0.29, 0.717) is 6.42 Å². The van der Waals surface area contributed by atoms with Crippen molar-refractivity contribution < 1.29 is 5.11 Å². The molecule has 1 saturated carbocycles. The van der Waals surface area contributed by atoms with E-state index in [-0.39, 0.29) is 12.0 Å². The van der Waals surface area contributed by atoms with Gasteiger partial charge in [-0.2, -0.15) is 5.26 Å². The van der Waals surface area contributed by atoms with Gasteiger partial charge in [0.2, 0.25) is 0 Å². The van der Waals surface area contributed by atoms with Crippen molar-refractivity contribution in [2.45, 2.75) is 44.6 Å². The Kier molecular flexibility index (Phi) is 3.38. The van der Waals surface area contributed by atoms with Crippen LogP contribution in [0.4, 0.5) is 0 Å². The van der Waals surface area contributed by atoms with Crippen molar-refractivity contribution in [3.8, 4) is 6.07 Å². The molecule has 2 nitrogen and oxygen atoms in total. The molecule has 0 spiro atoms. The molecular formula is C9H15NO. The van der Waals surface area contributed by atoms with Crippen LogP contribution >= 0.6 is 0 Å². The van der Waals surface area contributed by atoms with Crippen LogP contribution in [0.5, 0.6) is 0 Å². The first-order chi connectivity index (χ1) is 5.34. The molecule has 1 aliphatic rings. The van der Waals surface area contributed by atoms with Crippen molar-refractivity contribution in [3.63, 3.8) is 0 Å². The Balaban J connectivity index is 2.40. The van der Waals surface area contributed by atoms with Crippen LogP contribution in [0.1, 0.15) is 38.5 Å². The van der Waals surface area contributed by atoms with Crippen molar-refractivity contribution in [2.24, 2.45) is 5.92 Å². The lowest BCUT2D eigenvalue weighted by molar-refractivity contribution is 0.103. The number of nitriles is 1. The molecule has 0 radical (unpaired) electrons. The zero-order valence-corrected chi connectivity index (χ0v) is 6.79. The summed E-state index contributed by atoms with van der Waals surface area (Å²) in [6.07, 6.45) is 5.78. The number of nitrogens with zero attached hydrogens (tertiary/aromatic N) is 1. The van der Waals surface area contributed by atoms with Crippen molar-refractivity contribution >= 4 is 0 Å². The molecule has 2 heteroatoms. The van der Waals surface area contributed by atoms with Gasteiger partial charge in [0.1, 0.15) is 0 Å². The average molecular weight is 153 g/mol. The summed E-state index contributed by atoms with van der Waals surface area (Å²) in [6, 6.07) is 2.14. The van der Waals surface area contributed by atoms with E-state index in [2.05, 4.69) is 6.07 Å². The predicted octanol–water partition coefficient (Wildman–Crippen LogP) is 1.84. The summed E-state index contributed by atoms with van der Waals surface area (Å²) in [5.74, 6) is 0.252. The monoisotopic (exact) mass is 153 g/mol. The molecule has 0 unspecified atom stereocenters. The Morgan fingerprint density at radius 2 is 2.00 bits per heavy atom. The molecular weight excluding hydrogens is 138 g/mol. The van der Waals surface area contributed by atoms with Gasteiger partial charge < -0.3 is 5.11 Å². The molecule has 11 heavy (non-hydrogen) atoms. The van der Waals surface area contributed by atoms with Crippen molar-refractivity contribution in [3.05, 3.63) is 0 Å². The fourth-order valence-corrected chi connectivity index (χ4v) is 1.72. The van der Waals surface area contributed by atoms with Crippen LogP contribution < -0.4 is 0 Å². The van der Waals surface area contributed by atoms with E-state index < -0.39 is 0 Å². The summed E-state index contributed by atoms with van der Waals surface area (Å²) >= 11 is 0. The number of aliphatic hydroxyl groups is 1. The first kappa shape index (κ1) is 8.55. The molecule has 0 bridgehead atoms. The Morgan fingerprint density at radius 3 is 2.73 bits per heavy atom. The van der Waals surface area contributed by atoms with Crippen molar-refractivity contribution in [1.82, 2.24) is 0 Å². The largest absolute Gasteiger partial charge is 0.393 e. The van der Waals surface area contributed by atoms with E-state index in [1.165, 1.54) is 12.8 Å². The van der Waals surface area contributed by atoms with E-state index in [4.69, 9.17) is 5.26 Å². The second-order valence-corrected chi connectivity index (χ2v) is 3.33. The summed E-state index contributed by atoms with van der Waals surface area (Å²) in [4.78, 5) is 0. The molecule has 0 saturated heterocycles. The van der Waals surface area contributed by atoms with E-state index in [1.807, 2.05) is 0 Å². The maximum atomic E-state index is 9.53. The molecule has 62 valence electrons. The predicted molar refractivity (Wildman–Crippen MR) is 42.8 cm³/mol. The van der Waals surface area contributed by atoms with Crippen LogP contribution in [0.3, 0.4) is 0 Å². The molecule has 2 atom stereocenters. The summed E-state index contributed by atoms with van der Waals surface area (Å²) in [5, 5.41) is 18.0. The maximum Gasteiger partial charge on any atom is 0.0625 e. The third-order valence-corrected chi connectivity index (χ3v) is 2.47. The Labute approximate surface area is 67.8 Å². The highest BCUT2D eigenvalue weighted by Crippen LogP contribution is 2.25. The van der Waals surface area contributed by atoms with Gasteiger partial charge >= 0.3 is 0 Å². The molecule has 1 N–H and O–H groups in total. The SMILES string of the molecule is N#CC[C@H]1CCCCC[C@@H]1O. The number of rotatable bonds is 1.